The summed E-state index contributed by atoms with van der Waals surface area (Å²) >= 11 is 0. The van der Waals surface area contributed by atoms with Gasteiger partial charge in [-0.25, -0.2) is 0 Å². The van der Waals surface area contributed by atoms with Crippen LogP contribution in [0.3, 0.4) is 0 Å². The molecule has 1 heterocycles. The van der Waals surface area contributed by atoms with Crippen LogP contribution in [0.5, 0.6) is 0 Å². The Bertz CT molecular complexity index is 602. The molecule has 4 heteroatoms. The molecule has 0 radical (unpaired) electrons. The molecule has 0 aliphatic heterocycles. The van der Waals surface area contributed by atoms with Gasteiger partial charge in [-0.15, -0.1) is 0 Å². The number of carbonyl (C=O) groups excluding carboxylic acids is 1. The highest BCUT2D eigenvalue weighted by Crippen LogP contribution is 2.18. The Morgan fingerprint density at radius 1 is 1.35 bits per heavy atom. The fourth-order valence-corrected chi connectivity index (χ4v) is 2.21. The molecule has 0 aliphatic rings. The summed E-state index contributed by atoms with van der Waals surface area (Å²) < 4.78 is 1.99. The Morgan fingerprint density at radius 2 is 2.05 bits per heavy atom. The van der Waals surface area contributed by atoms with Gasteiger partial charge in [0.15, 0.2) is 0 Å². The predicted molar refractivity (Wildman–Crippen MR) is 80.5 cm³/mol. The van der Waals surface area contributed by atoms with Crippen molar-refractivity contribution in [2.24, 2.45) is 5.92 Å². The molecule has 1 aromatic heterocycles. The maximum atomic E-state index is 12.0. The summed E-state index contributed by atoms with van der Waals surface area (Å²) in [7, 11) is 0. The third kappa shape index (κ3) is 3.20. The van der Waals surface area contributed by atoms with Crippen molar-refractivity contribution in [2.75, 3.05) is 6.54 Å². The number of amides is 1. The predicted octanol–water partition coefficient (Wildman–Crippen LogP) is 2.08. The minimum Gasteiger partial charge on any atom is -0.391 e. The summed E-state index contributed by atoms with van der Waals surface area (Å²) in [6.07, 6.45) is -0.499. The summed E-state index contributed by atoms with van der Waals surface area (Å²) in [6, 6.07) is 10.1. The van der Waals surface area contributed by atoms with Crippen molar-refractivity contribution < 1.29 is 9.90 Å². The molecule has 0 bridgehead atoms. The molecule has 0 fully saturated rings. The number of aliphatic hydroxyl groups excluding tert-OH is 1. The molecular weight excluding hydrogens is 252 g/mol. The van der Waals surface area contributed by atoms with Gasteiger partial charge in [0, 0.05) is 17.8 Å². The highest BCUT2D eigenvalue weighted by Gasteiger charge is 2.12. The van der Waals surface area contributed by atoms with E-state index in [2.05, 4.69) is 11.4 Å². The van der Waals surface area contributed by atoms with E-state index in [1.165, 1.54) is 0 Å². The van der Waals surface area contributed by atoms with Crippen LogP contribution in [-0.4, -0.2) is 28.2 Å². The maximum Gasteiger partial charge on any atom is 0.240 e. The van der Waals surface area contributed by atoms with Crippen LogP contribution in [-0.2, 0) is 11.3 Å². The van der Waals surface area contributed by atoms with Gasteiger partial charge in [-0.2, -0.15) is 0 Å². The van der Waals surface area contributed by atoms with Gasteiger partial charge >= 0.3 is 0 Å². The second kappa shape index (κ2) is 6.09. The largest absolute Gasteiger partial charge is 0.391 e. The van der Waals surface area contributed by atoms with Gasteiger partial charge in [-0.05, 0) is 30.4 Å². The number of fused-ring (bicyclic) bond motifs is 1. The van der Waals surface area contributed by atoms with Gasteiger partial charge in [0.2, 0.25) is 5.91 Å². The molecule has 2 N–H and O–H groups in total. The zero-order chi connectivity index (χ0) is 14.7. The lowest BCUT2D eigenvalue weighted by molar-refractivity contribution is -0.122. The first-order valence-electron chi connectivity index (χ1n) is 6.98. The van der Waals surface area contributed by atoms with Crippen LogP contribution >= 0.6 is 0 Å². The zero-order valence-electron chi connectivity index (χ0n) is 12.3. The molecular formula is C16H22N2O2. The molecule has 0 aliphatic carbocycles. The molecule has 0 spiro atoms. The average molecular weight is 274 g/mol. The van der Waals surface area contributed by atoms with Gasteiger partial charge in [0.05, 0.1) is 6.10 Å². The number of benzene rings is 1. The van der Waals surface area contributed by atoms with E-state index in [0.29, 0.717) is 6.54 Å². The standard InChI is InChI=1S/C16H22N2O2/c1-11(2)15(19)9-17-16(20)10-18-12(3)8-13-6-4-5-7-14(13)18/h4-8,11,15,19H,9-10H2,1-3H3,(H,17,20). The summed E-state index contributed by atoms with van der Waals surface area (Å²) in [5.74, 6) is 0.0681. The van der Waals surface area contributed by atoms with Crippen LogP contribution in [0.1, 0.15) is 19.5 Å². The van der Waals surface area contributed by atoms with E-state index < -0.39 is 6.10 Å². The van der Waals surface area contributed by atoms with E-state index in [-0.39, 0.29) is 18.4 Å². The molecule has 4 nitrogen and oxygen atoms in total. The molecule has 2 rings (SSSR count). The maximum absolute atomic E-state index is 12.0. The SMILES string of the molecule is Cc1cc2ccccc2n1CC(=O)NCC(O)C(C)C. The summed E-state index contributed by atoms with van der Waals surface area (Å²) in [6.45, 7) is 6.44. The number of rotatable bonds is 5. The number of para-hydroxylation sites is 1. The van der Waals surface area contributed by atoms with Crippen molar-refractivity contribution >= 4 is 16.8 Å². The molecule has 20 heavy (non-hydrogen) atoms. The highest BCUT2D eigenvalue weighted by atomic mass is 16.3. The van der Waals surface area contributed by atoms with Crippen molar-refractivity contribution in [3.63, 3.8) is 0 Å². The smallest absolute Gasteiger partial charge is 0.240 e. The number of aliphatic hydroxyl groups is 1. The lowest BCUT2D eigenvalue weighted by Crippen LogP contribution is -2.36. The number of nitrogens with one attached hydrogen (secondary N) is 1. The van der Waals surface area contributed by atoms with Crippen molar-refractivity contribution in [1.29, 1.82) is 0 Å². The van der Waals surface area contributed by atoms with E-state index >= 15 is 0 Å². The number of carbonyl (C=O) groups is 1. The van der Waals surface area contributed by atoms with Gasteiger partial charge in [-0.1, -0.05) is 32.0 Å². The first-order chi connectivity index (χ1) is 9.49. The second-order valence-electron chi connectivity index (χ2n) is 5.55. The van der Waals surface area contributed by atoms with Crippen molar-refractivity contribution in [3.8, 4) is 0 Å². The Hall–Kier alpha value is -1.81. The molecule has 2 aromatic rings. The van der Waals surface area contributed by atoms with Crippen molar-refractivity contribution in [3.05, 3.63) is 36.0 Å². The van der Waals surface area contributed by atoms with Crippen LogP contribution in [0.25, 0.3) is 10.9 Å². The summed E-state index contributed by atoms with van der Waals surface area (Å²) in [5, 5.41) is 13.6. The quantitative estimate of drug-likeness (QED) is 0.877. The Kier molecular flexibility index (Phi) is 4.45. The average Bonchev–Trinajstić information content (AvgIpc) is 2.72. The third-order valence-electron chi connectivity index (χ3n) is 3.60. The lowest BCUT2D eigenvalue weighted by Gasteiger charge is -2.15. The number of hydrogen-bond donors (Lipinski definition) is 2. The molecule has 1 aromatic carbocycles. The van der Waals surface area contributed by atoms with Gasteiger partial charge in [0.1, 0.15) is 6.54 Å². The lowest BCUT2D eigenvalue weighted by atomic mass is 10.1. The number of hydrogen-bond acceptors (Lipinski definition) is 2. The topological polar surface area (TPSA) is 54.3 Å². The summed E-state index contributed by atoms with van der Waals surface area (Å²) in [4.78, 5) is 12.0. The normalized spacial score (nSPS) is 12.8. The molecule has 1 amide bonds. The minimum absolute atomic E-state index is 0.0749. The number of aryl methyl sites for hydroxylation is 1. The first-order valence-corrected chi connectivity index (χ1v) is 6.98. The molecule has 1 unspecified atom stereocenters. The van der Waals surface area contributed by atoms with E-state index in [9.17, 15) is 9.90 Å². The first kappa shape index (κ1) is 14.6. The number of aromatic nitrogens is 1. The van der Waals surface area contributed by atoms with Crippen LogP contribution in [0.15, 0.2) is 30.3 Å². The van der Waals surface area contributed by atoms with Crippen LogP contribution in [0.2, 0.25) is 0 Å². The monoisotopic (exact) mass is 274 g/mol. The summed E-state index contributed by atoms with van der Waals surface area (Å²) in [5.41, 5.74) is 2.12. The fourth-order valence-electron chi connectivity index (χ4n) is 2.21. The molecule has 1 atom stereocenters. The van der Waals surface area contributed by atoms with E-state index in [4.69, 9.17) is 0 Å². The van der Waals surface area contributed by atoms with Gasteiger partial charge < -0.3 is 15.0 Å². The van der Waals surface area contributed by atoms with Gasteiger partial charge in [-0.3, -0.25) is 4.79 Å². The Balaban J connectivity index is 2.05. The molecule has 0 saturated heterocycles. The van der Waals surface area contributed by atoms with Crippen LogP contribution in [0.4, 0.5) is 0 Å². The van der Waals surface area contributed by atoms with Crippen molar-refractivity contribution in [1.82, 2.24) is 9.88 Å². The third-order valence-corrected chi connectivity index (χ3v) is 3.60. The highest BCUT2D eigenvalue weighted by molar-refractivity contribution is 5.84. The van der Waals surface area contributed by atoms with E-state index in [1.54, 1.807) is 0 Å². The van der Waals surface area contributed by atoms with E-state index in [1.807, 2.05) is 49.6 Å². The molecule has 108 valence electrons. The molecule has 0 saturated carbocycles. The Labute approximate surface area is 119 Å². The fraction of sp³-hybridized carbons (Fsp3) is 0.438. The van der Waals surface area contributed by atoms with Crippen LogP contribution < -0.4 is 5.32 Å². The van der Waals surface area contributed by atoms with Crippen molar-refractivity contribution in [2.45, 2.75) is 33.4 Å². The number of nitrogens with zero attached hydrogens (tertiary/aromatic N) is 1. The Morgan fingerprint density at radius 3 is 2.75 bits per heavy atom. The van der Waals surface area contributed by atoms with Gasteiger partial charge in [0.25, 0.3) is 0 Å². The van der Waals surface area contributed by atoms with E-state index in [0.717, 1.165) is 16.6 Å². The van der Waals surface area contributed by atoms with Crippen LogP contribution in [0, 0.1) is 12.8 Å². The second-order valence-corrected chi connectivity index (χ2v) is 5.55. The minimum atomic E-state index is -0.499. The zero-order valence-corrected chi connectivity index (χ0v) is 12.3.